The first-order valence-electron chi connectivity index (χ1n) is 8.58. The smallest absolute Gasteiger partial charge is 0.416 e. The lowest BCUT2D eigenvalue weighted by molar-refractivity contribution is -0.137. The van der Waals surface area contributed by atoms with Crippen LogP contribution in [-0.4, -0.2) is 40.8 Å². The Kier molecular flexibility index (Phi) is 6.86. The van der Waals surface area contributed by atoms with Crippen LogP contribution in [0.1, 0.15) is 12.5 Å². The van der Waals surface area contributed by atoms with E-state index in [2.05, 4.69) is 5.32 Å². The van der Waals surface area contributed by atoms with Crippen LogP contribution in [0.2, 0.25) is 0 Å². The number of ether oxygens (including phenoxy) is 2. The summed E-state index contributed by atoms with van der Waals surface area (Å²) in [5, 5.41) is 2.53. The Morgan fingerprint density at radius 3 is 2.30 bits per heavy atom. The Hall–Kier alpha value is -2.95. The number of hydrogen-bond acceptors (Lipinski definition) is 5. The molecule has 1 amide bonds. The van der Waals surface area contributed by atoms with Crippen LogP contribution in [0.25, 0.3) is 0 Å². The lowest BCUT2D eigenvalue weighted by atomic mass is 10.1. The molecule has 11 heteroatoms. The van der Waals surface area contributed by atoms with E-state index in [4.69, 9.17) is 9.47 Å². The van der Waals surface area contributed by atoms with E-state index in [9.17, 15) is 26.4 Å². The molecule has 0 aliphatic heterocycles. The van der Waals surface area contributed by atoms with Crippen LogP contribution in [0.5, 0.6) is 11.5 Å². The highest BCUT2D eigenvalue weighted by molar-refractivity contribution is 7.92. The molecule has 0 spiro atoms. The second-order valence-corrected chi connectivity index (χ2v) is 8.20. The van der Waals surface area contributed by atoms with Crippen LogP contribution in [0.4, 0.5) is 24.5 Å². The highest BCUT2D eigenvalue weighted by atomic mass is 32.2. The molecule has 0 aliphatic carbocycles. The minimum absolute atomic E-state index is 0.214. The van der Waals surface area contributed by atoms with Crippen molar-refractivity contribution in [2.45, 2.75) is 19.1 Å². The second kappa shape index (κ2) is 8.82. The number of nitrogens with zero attached hydrogens (tertiary/aromatic N) is 1. The summed E-state index contributed by atoms with van der Waals surface area (Å²) in [5.74, 6) is -0.0673. The summed E-state index contributed by atoms with van der Waals surface area (Å²) in [5.41, 5.74) is -1.10. The number of nitrogens with one attached hydrogen (secondary N) is 1. The normalized spacial score (nSPS) is 12.8. The summed E-state index contributed by atoms with van der Waals surface area (Å²) in [7, 11) is -1.29. The van der Waals surface area contributed by atoms with E-state index in [0.29, 0.717) is 21.9 Å². The molecule has 2 aromatic rings. The van der Waals surface area contributed by atoms with E-state index < -0.39 is 33.7 Å². The summed E-state index contributed by atoms with van der Waals surface area (Å²) < 4.78 is 74.7. The minimum Gasteiger partial charge on any atom is -0.497 e. The molecule has 0 fully saturated rings. The molecule has 1 atom stereocenters. The first kappa shape index (κ1) is 23.3. The molecule has 2 rings (SSSR count). The fraction of sp³-hybridized carbons (Fsp3) is 0.316. The van der Waals surface area contributed by atoms with Crippen molar-refractivity contribution in [2.75, 3.05) is 30.1 Å². The number of benzene rings is 2. The van der Waals surface area contributed by atoms with Gasteiger partial charge in [-0.1, -0.05) is 6.07 Å². The van der Waals surface area contributed by atoms with Gasteiger partial charge in [0.1, 0.15) is 17.5 Å². The Balaban J connectivity index is 2.42. The molecule has 0 unspecified atom stereocenters. The molecule has 0 radical (unpaired) electrons. The van der Waals surface area contributed by atoms with Crippen LogP contribution >= 0.6 is 0 Å². The Labute approximate surface area is 172 Å². The molecule has 0 aromatic heterocycles. The third-order valence-electron chi connectivity index (χ3n) is 4.18. The molecule has 30 heavy (non-hydrogen) atoms. The largest absolute Gasteiger partial charge is 0.497 e. The van der Waals surface area contributed by atoms with E-state index in [1.165, 1.54) is 33.3 Å². The highest BCUT2D eigenvalue weighted by Crippen LogP contribution is 2.33. The number of methoxy groups -OCH3 is 2. The van der Waals surface area contributed by atoms with Gasteiger partial charge in [-0.05, 0) is 37.3 Å². The maximum atomic E-state index is 13.1. The van der Waals surface area contributed by atoms with Crippen LogP contribution in [0, 0.1) is 0 Å². The third kappa shape index (κ3) is 5.35. The summed E-state index contributed by atoms with van der Waals surface area (Å²) in [6.07, 6.45) is -3.86. The van der Waals surface area contributed by atoms with Crippen molar-refractivity contribution in [1.82, 2.24) is 0 Å². The lowest BCUT2D eigenvalue weighted by Gasteiger charge is -2.29. The van der Waals surface area contributed by atoms with Crippen molar-refractivity contribution >= 4 is 27.3 Å². The molecule has 2 aromatic carbocycles. The average Bonchev–Trinajstić information content (AvgIpc) is 2.66. The number of alkyl halides is 3. The molecule has 0 saturated carbocycles. The van der Waals surface area contributed by atoms with Gasteiger partial charge >= 0.3 is 6.18 Å². The molecular weight excluding hydrogens is 425 g/mol. The first-order valence-corrected chi connectivity index (χ1v) is 10.4. The minimum atomic E-state index is -4.67. The maximum absolute atomic E-state index is 13.1. The predicted octanol–water partition coefficient (Wildman–Crippen LogP) is 3.52. The van der Waals surface area contributed by atoms with Crippen molar-refractivity contribution in [2.24, 2.45) is 0 Å². The van der Waals surface area contributed by atoms with Gasteiger partial charge < -0.3 is 14.8 Å². The summed E-state index contributed by atoms with van der Waals surface area (Å²) in [6.45, 7) is 1.27. The lowest BCUT2D eigenvalue weighted by Crippen LogP contribution is -2.45. The van der Waals surface area contributed by atoms with Gasteiger partial charge in [0, 0.05) is 6.07 Å². The summed E-state index contributed by atoms with van der Waals surface area (Å²) in [4.78, 5) is 12.8. The zero-order valence-corrected chi connectivity index (χ0v) is 17.5. The molecule has 1 N–H and O–H groups in total. The molecule has 0 bridgehead atoms. The number of sulfonamides is 1. The van der Waals surface area contributed by atoms with Gasteiger partial charge in [-0.25, -0.2) is 8.42 Å². The average molecular weight is 446 g/mol. The van der Waals surface area contributed by atoms with Crippen molar-refractivity contribution in [3.63, 3.8) is 0 Å². The van der Waals surface area contributed by atoms with Crippen molar-refractivity contribution in [3.05, 3.63) is 48.0 Å². The zero-order valence-electron chi connectivity index (χ0n) is 16.6. The number of anilines is 2. The predicted molar refractivity (Wildman–Crippen MR) is 106 cm³/mol. The standard InChI is InChI=1S/C19H21F3N2O5S/c1-12(18(25)23-16-11-15(28-2)8-9-17(16)29-3)24(30(4,26)27)14-7-5-6-13(10-14)19(20,21)22/h5-12H,1-4H3,(H,23,25)/t12-/m0/s1. The van der Waals surface area contributed by atoms with Crippen LogP contribution in [-0.2, 0) is 21.0 Å². The third-order valence-corrected chi connectivity index (χ3v) is 5.42. The van der Waals surface area contributed by atoms with Gasteiger partial charge in [0.2, 0.25) is 15.9 Å². The van der Waals surface area contributed by atoms with Gasteiger partial charge in [-0.2, -0.15) is 13.2 Å². The van der Waals surface area contributed by atoms with Crippen molar-refractivity contribution < 1.29 is 35.9 Å². The quantitative estimate of drug-likeness (QED) is 0.704. The molecule has 0 saturated heterocycles. The van der Waals surface area contributed by atoms with Gasteiger partial charge in [0.25, 0.3) is 0 Å². The van der Waals surface area contributed by atoms with Gasteiger partial charge in [0.05, 0.1) is 37.4 Å². The van der Waals surface area contributed by atoms with Crippen molar-refractivity contribution in [1.29, 1.82) is 0 Å². The topological polar surface area (TPSA) is 84.9 Å². The second-order valence-electron chi connectivity index (χ2n) is 6.34. The number of carbonyl (C=O) groups is 1. The Morgan fingerprint density at radius 1 is 1.10 bits per heavy atom. The fourth-order valence-electron chi connectivity index (χ4n) is 2.78. The first-order chi connectivity index (χ1) is 13.9. The monoisotopic (exact) mass is 446 g/mol. The number of halogens is 3. The summed E-state index contributed by atoms with van der Waals surface area (Å²) in [6, 6.07) is 7.01. The number of rotatable bonds is 7. The van der Waals surface area contributed by atoms with E-state index in [0.717, 1.165) is 18.4 Å². The van der Waals surface area contributed by atoms with Crippen LogP contribution in [0.15, 0.2) is 42.5 Å². The van der Waals surface area contributed by atoms with E-state index in [1.54, 1.807) is 12.1 Å². The Morgan fingerprint density at radius 2 is 1.77 bits per heavy atom. The molecular formula is C19H21F3N2O5S. The van der Waals surface area contributed by atoms with E-state index in [1.807, 2.05) is 0 Å². The van der Waals surface area contributed by atoms with E-state index in [-0.39, 0.29) is 11.4 Å². The molecule has 7 nitrogen and oxygen atoms in total. The van der Waals surface area contributed by atoms with Crippen LogP contribution in [0.3, 0.4) is 0 Å². The molecule has 0 heterocycles. The Bertz CT molecular complexity index is 1030. The van der Waals surface area contributed by atoms with Gasteiger partial charge in [-0.3, -0.25) is 9.10 Å². The van der Waals surface area contributed by atoms with Gasteiger partial charge in [-0.15, -0.1) is 0 Å². The summed E-state index contributed by atoms with van der Waals surface area (Å²) >= 11 is 0. The molecule has 0 aliphatic rings. The maximum Gasteiger partial charge on any atom is 0.416 e. The number of amides is 1. The van der Waals surface area contributed by atoms with Crippen molar-refractivity contribution in [3.8, 4) is 11.5 Å². The highest BCUT2D eigenvalue weighted by Gasteiger charge is 2.34. The van der Waals surface area contributed by atoms with E-state index >= 15 is 0 Å². The molecule has 164 valence electrons. The number of carbonyl (C=O) groups excluding carboxylic acids is 1. The van der Waals surface area contributed by atoms with Gasteiger partial charge in [0.15, 0.2) is 0 Å². The fourth-order valence-corrected chi connectivity index (χ4v) is 3.94. The SMILES string of the molecule is COc1ccc(OC)c(NC(=O)[C@H](C)N(c2cccc(C(F)(F)F)c2)S(C)(=O)=O)c1. The number of hydrogen-bond donors (Lipinski definition) is 1. The zero-order chi connectivity index (χ0) is 22.7. The van der Waals surface area contributed by atoms with Crippen LogP contribution < -0.4 is 19.1 Å².